The Balaban J connectivity index is 0.000000427. The normalized spacial score (nSPS) is 13.1. The zero-order valence-corrected chi connectivity index (χ0v) is 32.7. The monoisotopic (exact) mass is 648 g/mol. The van der Waals surface area contributed by atoms with Crippen LogP contribution in [0.5, 0.6) is 28.7 Å². The summed E-state index contributed by atoms with van der Waals surface area (Å²) in [6.07, 6.45) is 0. The lowest BCUT2D eigenvalue weighted by Gasteiger charge is -2.28. The zero-order chi connectivity index (χ0) is 36.7. The first-order chi connectivity index (χ1) is 20.8. The van der Waals surface area contributed by atoms with Gasteiger partial charge in [-0.15, -0.1) is 0 Å². The second-order valence-electron chi connectivity index (χ2n) is 19.1. The van der Waals surface area contributed by atoms with Crippen molar-refractivity contribution in [3.05, 3.63) is 75.8 Å². The minimum Gasteiger partial charge on any atom is -0.508 e. The number of rotatable bonds is 3. The standard InChI is InChI=1S/C28H42O4.C14H22O/c1-25(2,3)19-13-17(14-20(23(19)29)26(4,5)6)31-32-18-15-21(27(7,8)9)24(30)22(16-18)28(10,11)12;1-13(2,3)10-7-8-12(15)11(9-10)14(4,5)6/h13-16,29-30H,1-12H3;7-9,15H,1-6H3. The first kappa shape index (κ1) is 39.8. The van der Waals surface area contributed by atoms with Gasteiger partial charge in [-0.25, -0.2) is 0 Å². The first-order valence-corrected chi connectivity index (χ1v) is 16.8. The molecule has 0 spiro atoms. The van der Waals surface area contributed by atoms with Gasteiger partial charge < -0.3 is 15.3 Å². The number of hydrogen-bond acceptors (Lipinski definition) is 5. The number of aromatic hydroxyl groups is 3. The molecule has 0 amide bonds. The van der Waals surface area contributed by atoms with E-state index in [2.05, 4.69) is 131 Å². The third-order valence-electron chi connectivity index (χ3n) is 8.30. The molecule has 3 aromatic rings. The molecule has 0 fully saturated rings. The van der Waals surface area contributed by atoms with Gasteiger partial charge in [0.05, 0.1) is 0 Å². The fourth-order valence-corrected chi connectivity index (χ4v) is 5.30. The minimum absolute atomic E-state index is 0.00859. The predicted molar refractivity (Wildman–Crippen MR) is 198 cm³/mol. The summed E-state index contributed by atoms with van der Waals surface area (Å²) in [5.41, 5.74) is 4.59. The van der Waals surface area contributed by atoms with Gasteiger partial charge in [-0.3, -0.25) is 9.78 Å². The Morgan fingerprint density at radius 1 is 0.362 bits per heavy atom. The lowest BCUT2D eigenvalue weighted by atomic mass is 9.79. The van der Waals surface area contributed by atoms with Crippen LogP contribution in [-0.4, -0.2) is 15.3 Å². The van der Waals surface area contributed by atoms with Gasteiger partial charge in [0.25, 0.3) is 0 Å². The van der Waals surface area contributed by atoms with Crippen LogP contribution in [0.4, 0.5) is 0 Å². The van der Waals surface area contributed by atoms with Crippen LogP contribution in [0.2, 0.25) is 0 Å². The molecule has 47 heavy (non-hydrogen) atoms. The van der Waals surface area contributed by atoms with E-state index in [-0.39, 0.29) is 32.5 Å². The molecule has 0 aromatic heterocycles. The maximum Gasteiger partial charge on any atom is 0.179 e. The molecule has 0 aliphatic carbocycles. The van der Waals surface area contributed by atoms with E-state index in [1.807, 2.05) is 30.3 Å². The largest absolute Gasteiger partial charge is 0.508 e. The van der Waals surface area contributed by atoms with Gasteiger partial charge in [0, 0.05) is 22.3 Å². The van der Waals surface area contributed by atoms with Crippen LogP contribution in [0.1, 0.15) is 158 Å². The van der Waals surface area contributed by atoms with Gasteiger partial charge in [-0.2, -0.15) is 0 Å². The summed E-state index contributed by atoms with van der Waals surface area (Å²) in [6, 6.07) is 13.3. The van der Waals surface area contributed by atoms with Gasteiger partial charge in [0.2, 0.25) is 0 Å². The van der Waals surface area contributed by atoms with Crippen molar-refractivity contribution in [1.29, 1.82) is 0 Å². The van der Waals surface area contributed by atoms with E-state index in [1.165, 1.54) is 5.56 Å². The molecule has 0 heterocycles. The molecule has 5 heteroatoms. The number of phenolic OH excluding ortho intramolecular Hbond substituents is 3. The van der Waals surface area contributed by atoms with E-state index in [0.29, 0.717) is 28.7 Å². The molecule has 262 valence electrons. The van der Waals surface area contributed by atoms with Crippen molar-refractivity contribution in [3.63, 3.8) is 0 Å². The average Bonchev–Trinajstić information content (AvgIpc) is 2.85. The predicted octanol–water partition coefficient (Wildman–Crippen LogP) is 11.6. The fourth-order valence-electron chi connectivity index (χ4n) is 5.30. The zero-order valence-electron chi connectivity index (χ0n) is 32.7. The molecule has 3 aromatic carbocycles. The molecule has 5 nitrogen and oxygen atoms in total. The third kappa shape index (κ3) is 10.3. The maximum atomic E-state index is 10.9. The van der Waals surface area contributed by atoms with Crippen molar-refractivity contribution < 1.29 is 25.1 Å². The molecule has 0 bridgehead atoms. The van der Waals surface area contributed by atoms with Gasteiger partial charge in [0.15, 0.2) is 11.5 Å². The Labute approximate surface area is 286 Å². The lowest BCUT2D eigenvalue weighted by Crippen LogP contribution is -2.19. The summed E-state index contributed by atoms with van der Waals surface area (Å²) in [7, 11) is 0. The highest BCUT2D eigenvalue weighted by molar-refractivity contribution is 5.53. The van der Waals surface area contributed by atoms with E-state index in [0.717, 1.165) is 27.8 Å². The summed E-state index contributed by atoms with van der Waals surface area (Å²) in [5, 5.41) is 31.7. The van der Waals surface area contributed by atoms with Crippen molar-refractivity contribution in [3.8, 4) is 28.7 Å². The SMILES string of the molecule is CC(C)(C)c1cc(OOc2cc(C(C)(C)C)c(O)c(C(C)(C)C)c2)cc(C(C)(C)C)c1O.CC(C)(C)c1ccc(O)c(C(C)(C)C)c1. The summed E-state index contributed by atoms with van der Waals surface area (Å²) >= 11 is 0. The molecular formula is C42H64O5. The molecule has 0 unspecified atom stereocenters. The van der Waals surface area contributed by atoms with Crippen LogP contribution in [0.3, 0.4) is 0 Å². The van der Waals surface area contributed by atoms with Gasteiger partial charge in [0.1, 0.15) is 17.2 Å². The molecule has 0 radical (unpaired) electrons. The molecule has 0 aliphatic heterocycles. The molecule has 3 N–H and O–H groups in total. The molecule has 0 saturated heterocycles. The molecule has 0 saturated carbocycles. The van der Waals surface area contributed by atoms with Crippen molar-refractivity contribution >= 4 is 0 Å². The van der Waals surface area contributed by atoms with Gasteiger partial charge in [-0.05, 0) is 73.9 Å². The van der Waals surface area contributed by atoms with Crippen LogP contribution in [0, 0.1) is 0 Å². The summed E-state index contributed by atoms with van der Waals surface area (Å²) < 4.78 is 0. The Kier molecular flexibility index (Phi) is 11.3. The third-order valence-corrected chi connectivity index (χ3v) is 8.30. The molecule has 0 atom stereocenters. The molecule has 0 aliphatic rings. The number of benzene rings is 3. The van der Waals surface area contributed by atoms with E-state index in [9.17, 15) is 15.3 Å². The number of hydrogen-bond donors (Lipinski definition) is 3. The first-order valence-electron chi connectivity index (χ1n) is 16.8. The molecule has 3 rings (SSSR count). The second kappa shape index (κ2) is 13.3. The van der Waals surface area contributed by atoms with Crippen LogP contribution in [0.25, 0.3) is 0 Å². The minimum atomic E-state index is -0.263. The Morgan fingerprint density at radius 3 is 0.872 bits per heavy atom. The highest BCUT2D eigenvalue weighted by Crippen LogP contribution is 2.44. The van der Waals surface area contributed by atoms with Crippen molar-refractivity contribution in [2.24, 2.45) is 0 Å². The van der Waals surface area contributed by atoms with Gasteiger partial charge >= 0.3 is 0 Å². The van der Waals surface area contributed by atoms with Crippen LogP contribution < -0.4 is 9.78 Å². The van der Waals surface area contributed by atoms with E-state index < -0.39 is 0 Å². The second-order valence-corrected chi connectivity index (χ2v) is 19.1. The van der Waals surface area contributed by atoms with E-state index >= 15 is 0 Å². The van der Waals surface area contributed by atoms with Crippen molar-refractivity contribution in [1.82, 2.24) is 0 Å². The Bertz CT molecular complexity index is 1390. The van der Waals surface area contributed by atoms with Crippen LogP contribution >= 0.6 is 0 Å². The maximum absolute atomic E-state index is 10.9. The van der Waals surface area contributed by atoms with Gasteiger partial charge in [-0.1, -0.05) is 137 Å². The summed E-state index contributed by atoms with van der Waals surface area (Å²) in [4.78, 5) is 11.6. The Morgan fingerprint density at radius 2 is 0.638 bits per heavy atom. The van der Waals surface area contributed by atoms with E-state index in [4.69, 9.17) is 9.78 Å². The summed E-state index contributed by atoms with van der Waals surface area (Å²) in [6.45, 7) is 37.6. The van der Waals surface area contributed by atoms with Crippen molar-refractivity contribution in [2.45, 2.75) is 157 Å². The number of phenols is 3. The lowest BCUT2D eigenvalue weighted by molar-refractivity contribution is -0.100. The topological polar surface area (TPSA) is 79.2 Å². The fraction of sp³-hybridized carbons (Fsp3) is 0.571. The summed E-state index contributed by atoms with van der Waals surface area (Å²) in [5.74, 6) is 2.05. The highest BCUT2D eigenvalue weighted by atomic mass is 17.2. The quantitative estimate of drug-likeness (QED) is 0.194. The highest BCUT2D eigenvalue weighted by Gasteiger charge is 2.29. The smallest absolute Gasteiger partial charge is 0.179 e. The van der Waals surface area contributed by atoms with Crippen LogP contribution in [0.15, 0.2) is 42.5 Å². The van der Waals surface area contributed by atoms with Crippen LogP contribution in [-0.2, 0) is 32.5 Å². The van der Waals surface area contributed by atoms with E-state index in [1.54, 1.807) is 6.07 Å². The van der Waals surface area contributed by atoms with Crippen molar-refractivity contribution in [2.75, 3.05) is 0 Å². The molecular weight excluding hydrogens is 584 g/mol. The Hall–Kier alpha value is -3.34. The average molecular weight is 649 g/mol.